The third-order valence-electron chi connectivity index (χ3n) is 8.39. The second-order valence-electron chi connectivity index (χ2n) is 10.2. The molecule has 2 aromatic carbocycles. The van der Waals surface area contributed by atoms with Crippen LogP contribution in [-0.2, 0) is 16.8 Å². The molecule has 5 aliphatic rings. The fourth-order valence-electron chi connectivity index (χ4n) is 7.36. The Kier molecular flexibility index (Phi) is 3.93. The van der Waals surface area contributed by atoms with Crippen LogP contribution in [-0.4, -0.2) is 29.9 Å². The van der Waals surface area contributed by atoms with E-state index in [2.05, 4.69) is 70.9 Å². The molecule has 3 nitrogen and oxygen atoms in total. The van der Waals surface area contributed by atoms with Gasteiger partial charge in [0, 0.05) is 19.6 Å². The summed E-state index contributed by atoms with van der Waals surface area (Å²) in [6, 6.07) is 22.0. The van der Waals surface area contributed by atoms with Gasteiger partial charge in [-0.05, 0) is 60.5 Å². The second-order valence-corrected chi connectivity index (χ2v) is 10.2. The Morgan fingerprint density at radius 3 is 2.45 bits per heavy atom. The Morgan fingerprint density at radius 2 is 1.69 bits per heavy atom. The van der Waals surface area contributed by atoms with E-state index in [0.717, 1.165) is 44.8 Å². The average molecular weight is 387 g/mol. The van der Waals surface area contributed by atoms with Crippen LogP contribution >= 0.6 is 0 Å². The first kappa shape index (κ1) is 17.7. The summed E-state index contributed by atoms with van der Waals surface area (Å²) in [5.74, 6) is 1.80. The van der Waals surface area contributed by atoms with Gasteiger partial charge in [-0.1, -0.05) is 60.7 Å². The first-order valence-corrected chi connectivity index (χ1v) is 11.3. The number of carbonyl (C=O) groups excluding carboxylic acids is 1. The van der Waals surface area contributed by atoms with Gasteiger partial charge in [-0.3, -0.25) is 9.69 Å². The Hall–Kier alpha value is -2.13. The van der Waals surface area contributed by atoms with Gasteiger partial charge < -0.3 is 5.32 Å². The van der Waals surface area contributed by atoms with Crippen molar-refractivity contribution >= 4 is 5.91 Å². The highest BCUT2D eigenvalue weighted by Crippen LogP contribution is 2.70. The number of rotatable bonds is 5. The van der Waals surface area contributed by atoms with Gasteiger partial charge in [-0.25, -0.2) is 0 Å². The number of likely N-dealkylation sites (tertiary alicyclic amines) is 1. The van der Waals surface area contributed by atoms with Crippen molar-refractivity contribution in [3.05, 3.63) is 71.8 Å². The van der Waals surface area contributed by atoms with Crippen molar-refractivity contribution in [1.82, 2.24) is 10.2 Å². The maximum atomic E-state index is 13.5. The van der Waals surface area contributed by atoms with Gasteiger partial charge in [0.15, 0.2) is 0 Å². The van der Waals surface area contributed by atoms with Crippen LogP contribution in [0.4, 0.5) is 0 Å². The second kappa shape index (κ2) is 6.43. The highest BCUT2D eigenvalue weighted by molar-refractivity contribution is 5.84. The normalized spacial score (nSPS) is 35.6. The molecule has 4 atom stereocenters. The zero-order chi connectivity index (χ0) is 19.5. The summed E-state index contributed by atoms with van der Waals surface area (Å²) in [6.45, 7) is 2.94. The standard InChI is InChI=1S/C26H30N2O/c29-24(27-23-16-28(17-23)15-19-7-3-1-4-8-19)25-12-20-11-22(14-25)26(13-20,18-25)21-9-5-2-6-10-21/h1-10,20,22-23H,11-18H2,(H,27,29). The van der Waals surface area contributed by atoms with Gasteiger partial charge in [-0.15, -0.1) is 0 Å². The van der Waals surface area contributed by atoms with E-state index >= 15 is 0 Å². The number of hydrogen-bond donors (Lipinski definition) is 1. The number of benzene rings is 2. The molecule has 2 aromatic rings. The van der Waals surface area contributed by atoms with E-state index in [0.29, 0.717) is 17.9 Å². The summed E-state index contributed by atoms with van der Waals surface area (Å²) < 4.78 is 0. The lowest BCUT2D eigenvalue weighted by Crippen LogP contribution is -2.61. The smallest absolute Gasteiger partial charge is 0.226 e. The molecule has 7 rings (SSSR count). The number of amides is 1. The minimum atomic E-state index is -0.110. The maximum absolute atomic E-state index is 13.5. The van der Waals surface area contributed by atoms with Crippen LogP contribution in [0.3, 0.4) is 0 Å². The third-order valence-corrected chi connectivity index (χ3v) is 8.39. The summed E-state index contributed by atoms with van der Waals surface area (Å²) in [4.78, 5) is 15.9. The van der Waals surface area contributed by atoms with E-state index in [1.807, 2.05) is 0 Å². The van der Waals surface area contributed by atoms with E-state index in [9.17, 15) is 4.79 Å². The number of nitrogens with zero attached hydrogens (tertiary/aromatic N) is 1. The molecule has 1 aliphatic heterocycles. The highest BCUT2D eigenvalue weighted by Gasteiger charge is 2.66. The molecule has 4 aliphatic carbocycles. The van der Waals surface area contributed by atoms with Crippen LogP contribution in [0, 0.1) is 17.3 Å². The number of hydrogen-bond acceptors (Lipinski definition) is 2. The van der Waals surface area contributed by atoms with Crippen molar-refractivity contribution in [2.75, 3.05) is 13.1 Å². The van der Waals surface area contributed by atoms with Crippen molar-refractivity contribution < 1.29 is 4.79 Å². The lowest BCUT2D eigenvalue weighted by molar-refractivity contribution is -0.136. The van der Waals surface area contributed by atoms with Crippen molar-refractivity contribution in [2.24, 2.45) is 17.3 Å². The fraction of sp³-hybridized carbons (Fsp3) is 0.500. The number of carbonyl (C=O) groups is 1. The first-order chi connectivity index (χ1) is 14.2. The quantitative estimate of drug-likeness (QED) is 0.838. The predicted molar refractivity (Wildman–Crippen MR) is 114 cm³/mol. The lowest BCUT2D eigenvalue weighted by atomic mass is 9.64. The van der Waals surface area contributed by atoms with Crippen molar-refractivity contribution in [1.29, 1.82) is 0 Å². The molecule has 1 amide bonds. The molecule has 4 bridgehead atoms. The van der Waals surface area contributed by atoms with Crippen LogP contribution < -0.4 is 5.32 Å². The molecular formula is C26H30N2O. The Balaban J connectivity index is 1.12. The van der Waals surface area contributed by atoms with Gasteiger partial charge in [0.2, 0.25) is 5.91 Å². The zero-order valence-corrected chi connectivity index (χ0v) is 17.0. The van der Waals surface area contributed by atoms with E-state index in [4.69, 9.17) is 0 Å². The topological polar surface area (TPSA) is 32.3 Å². The molecule has 4 saturated carbocycles. The molecule has 150 valence electrons. The first-order valence-electron chi connectivity index (χ1n) is 11.3. The van der Waals surface area contributed by atoms with Gasteiger partial charge in [0.1, 0.15) is 0 Å². The molecule has 1 saturated heterocycles. The van der Waals surface area contributed by atoms with Crippen molar-refractivity contribution in [2.45, 2.75) is 50.1 Å². The molecule has 5 fully saturated rings. The molecule has 1 heterocycles. The summed E-state index contributed by atoms with van der Waals surface area (Å²) >= 11 is 0. The Labute approximate surface area is 173 Å². The monoisotopic (exact) mass is 386 g/mol. The highest BCUT2D eigenvalue weighted by atomic mass is 16.2. The van der Waals surface area contributed by atoms with E-state index in [1.165, 1.54) is 24.0 Å². The summed E-state index contributed by atoms with van der Waals surface area (Å²) in [6.07, 6.45) is 5.91. The summed E-state index contributed by atoms with van der Waals surface area (Å²) in [7, 11) is 0. The van der Waals surface area contributed by atoms with E-state index in [-0.39, 0.29) is 10.8 Å². The fourth-order valence-corrected chi connectivity index (χ4v) is 7.36. The Bertz CT molecular complexity index is 907. The van der Waals surface area contributed by atoms with Gasteiger partial charge >= 0.3 is 0 Å². The number of nitrogens with one attached hydrogen (secondary N) is 1. The molecule has 0 spiro atoms. The molecule has 0 radical (unpaired) electrons. The SMILES string of the molecule is O=C(NC1CN(Cc2ccccc2)C1)C12CC3CC(C1)C(c1ccccc1)(C3)C2. The van der Waals surface area contributed by atoms with Gasteiger partial charge in [0.05, 0.1) is 11.5 Å². The lowest BCUT2D eigenvalue weighted by Gasteiger charge is -2.44. The van der Waals surface area contributed by atoms with Gasteiger partial charge in [0.25, 0.3) is 0 Å². The molecule has 0 aromatic heterocycles. The minimum Gasteiger partial charge on any atom is -0.350 e. The van der Waals surface area contributed by atoms with Crippen LogP contribution in [0.2, 0.25) is 0 Å². The van der Waals surface area contributed by atoms with E-state index < -0.39 is 0 Å². The van der Waals surface area contributed by atoms with Gasteiger partial charge in [-0.2, -0.15) is 0 Å². The van der Waals surface area contributed by atoms with Crippen molar-refractivity contribution in [3.8, 4) is 0 Å². The third kappa shape index (κ3) is 2.78. The molecular weight excluding hydrogens is 356 g/mol. The van der Waals surface area contributed by atoms with Crippen LogP contribution in [0.5, 0.6) is 0 Å². The molecule has 1 N–H and O–H groups in total. The molecule has 4 unspecified atom stereocenters. The van der Waals surface area contributed by atoms with Crippen molar-refractivity contribution in [3.63, 3.8) is 0 Å². The molecule has 29 heavy (non-hydrogen) atoms. The zero-order valence-electron chi connectivity index (χ0n) is 17.0. The predicted octanol–water partition coefficient (Wildman–Crippen LogP) is 4.14. The van der Waals surface area contributed by atoms with Crippen LogP contribution in [0.1, 0.15) is 43.2 Å². The molecule has 3 heteroatoms. The van der Waals surface area contributed by atoms with Crippen LogP contribution in [0.25, 0.3) is 0 Å². The Morgan fingerprint density at radius 1 is 0.966 bits per heavy atom. The van der Waals surface area contributed by atoms with E-state index in [1.54, 1.807) is 0 Å². The van der Waals surface area contributed by atoms with Crippen LogP contribution in [0.15, 0.2) is 60.7 Å². The summed E-state index contributed by atoms with van der Waals surface area (Å²) in [5, 5.41) is 3.45. The summed E-state index contributed by atoms with van der Waals surface area (Å²) in [5.41, 5.74) is 2.99. The average Bonchev–Trinajstić information content (AvgIpc) is 3.11. The minimum absolute atomic E-state index is 0.110. The maximum Gasteiger partial charge on any atom is 0.226 e. The largest absolute Gasteiger partial charge is 0.350 e.